The van der Waals surface area contributed by atoms with Crippen molar-refractivity contribution < 1.29 is 14.3 Å². The van der Waals surface area contributed by atoms with Crippen LogP contribution in [0.15, 0.2) is 59.2 Å². The van der Waals surface area contributed by atoms with Gasteiger partial charge >= 0.3 is 6.09 Å². The Bertz CT molecular complexity index is 930. The number of anilines is 1. The highest BCUT2D eigenvalue weighted by molar-refractivity contribution is 9.10. The van der Waals surface area contributed by atoms with Gasteiger partial charge in [0.25, 0.3) is 0 Å². The summed E-state index contributed by atoms with van der Waals surface area (Å²) in [5.74, 6) is -0.489. The molecule has 1 N–H and O–H groups in total. The van der Waals surface area contributed by atoms with Crippen molar-refractivity contribution >= 4 is 39.3 Å². The Kier molecular flexibility index (Phi) is 5.58. The highest BCUT2D eigenvalue weighted by Crippen LogP contribution is 2.26. The van der Waals surface area contributed by atoms with E-state index in [0.29, 0.717) is 22.1 Å². The Morgan fingerprint density at radius 2 is 1.92 bits per heavy atom. The summed E-state index contributed by atoms with van der Waals surface area (Å²) in [5.41, 5.74) is 1.34. The first-order valence-corrected chi connectivity index (χ1v) is 8.88. The standard InChI is InChI=1S/C18H14BrClFN3O2/c19-12-5-7-13(8-6-12)24-17(15(21)11-22-24)9-10-23(18(25)26)16-4-2-1-3-14(16)20/h1-8,11H,9-10H2,(H,25,26). The van der Waals surface area contributed by atoms with Crippen LogP contribution in [0.3, 0.4) is 0 Å². The molecule has 0 aliphatic heterocycles. The van der Waals surface area contributed by atoms with Crippen LogP contribution in [0.2, 0.25) is 5.02 Å². The molecule has 0 atom stereocenters. The second-order valence-corrected chi connectivity index (χ2v) is 6.79. The van der Waals surface area contributed by atoms with Crippen molar-refractivity contribution in [2.45, 2.75) is 6.42 Å². The molecule has 0 unspecified atom stereocenters. The molecule has 3 rings (SSSR count). The Morgan fingerprint density at radius 1 is 1.23 bits per heavy atom. The summed E-state index contributed by atoms with van der Waals surface area (Å²) in [6.45, 7) is 0.0399. The fourth-order valence-corrected chi connectivity index (χ4v) is 3.09. The topological polar surface area (TPSA) is 58.4 Å². The molecular formula is C18H14BrClFN3O2. The van der Waals surface area contributed by atoms with E-state index >= 15 is 0 Å². The van der Waals surface area contributed by atoms with E-state index < -0.39 is 11.9 Å². The second-order valence-electron chi connectivity index (χ2n) is 5.46. The summed E-state index contributed by atoms with van der Waals surface area (Å²) in [7, 11) is 0. The van der Waals surface area contributed by atoms with Gasteiger partial charge in [0.1, 0.15) is 0 Å². The van der Waals surface area contributed by atoms with E-state index in [2.05, 4.69) is 21.0 Å². The molecule has 8 heteroatoms. The molecule has 1 aromatic heterocycles. The van der Waals surface area contributed by atoms with Gasteiger partial charge in [-0.1, -0.05) is 39.7 Å². The number of para-hydroxylation sites is 1. The molecule has 0 fully saturated rings. The predicted molar refractivity (Wildman–Crippen MR) is 102 cm³/mol. The SMILES string of the molecule is O=C(O)N(CCc1c(F)cnn1-c1ccc(Br)cc1)c1ccccc1Cl. The summed E-state index contributed by atoms with van der Waals surface area (Å²) >= 11 is 9.45. The lowest BCUT2D eigenvalue weighted by Crippen LogP contribution is -2.32. The third-order valence-electron chi connectivity index (χ3n) is 3.84. The number of nitrogens with zero attached hydrogens (tertiary/aromatic N) is 3. The lowest BCUT2D eigenvalue weighted by Gasteiger charge is -2.20. The van der Waals surface area contributed by atoms with Gasteiger partial charge in [-0.2, -0.15) is 5.10 Å². The molecule has 1 amide bonds. The first kappa shape index (κ1) is 18.4. The summed E-state index contributed by atoms with van der Waals surface area (Å²) < 4.78 is 16.6. The number of halogens is 3. The van der Waals surface area contributed by atoms with E-state index in [1.165, 1.54) is 4.68 Å². The van der Waals surface area contributed by atoms with E-state index in [0.717, 1.165) is 15.6 Å². The Balaban J connectivity index is 1.87. The van der Waals surface area contributed by atoms with Gasteiger partial charge < -0.3 is 5.11 Å². The summed E-state index contributed by atoms with van der Waals surface area (Å²) in [4.78, 5) is 12.7. The number of aromatic nitrogens is 2. The van der Waals surface area contributed by atoms with E-state index in [1.807, 2.05) is 12.1 Å². The Hall–Kier alpha value is -2.38. The van der Waals surface area contributed by atoms with E-state index in [4.69, 9.17) is 11.6 Å². The number of carbonyl (C=O) groups is 1. The molecule has 0 spiro atoms. The molecule has 0 bridgehead atoms. The van der Waals surface area contributed by atoms with Crippen molar-refractivity contribution in [2.24, 2.45) is 0 Å². The molecule has 5 nitrogen and oxygen atoms in total. The maximum absolute atomic E-state index is 14.2. The molecular weight excluding hydrogens is 425 g/mol. The second kappa shape index (κ2) is 7.88. The van der Waals surface area contributed by atoms with Crippen molar-refractivity contribution in [1.82, 2.24) is 9.78 Å². The lowest BCUT2D eigenvalue weighted by atomic mass is 10.2. The number of rotatable bonds is 5. The first-order chi connectivity index (χ1) is 12.5. The van der Waals surface area contributed by atoms with E-state index in [1.54, 1.807) is 36.4 Å². The average molecular weight is 439 g/mol. The molecule has 0 aliphatic carbocycles. The number of hydrogen-bond acceptors (Lipinski definition) is 2. The zero-order valence-corrected chi connectivity index (χ0v) is 15.8. The van der Waals surface area contributed by atoms with Crippen LogP contribution in [0, 0.1) is 5.82 Å². The van der Waals surface area contributed by atoms with Gasteiger partial charge in [0, 0.05) is 17.4 Å². The fourth-order valence-electron chi connectivity index (χ4n) is 2.59. The van der Waals surface area contributed by atoms with Crippen LogP contribution in [0.4, 0.5) is 14.9 Å². The van der Waals surface area contributed by atoms with Gasteiger partial charge in [0.15, 0.2) is 5.82 Å². The molecule has 1 heterocycles. The zero-order valence-electron chi connectivity index (χ0n) is 13.4. The van der Waals surface area contributed by atoms with Crippen LogP contribution >= 0.6 is 27.5 Å². The van der Waals surface area contributed by atoms with Crippen LogP contribution in [0.1, 0.15) is 5.69 Å². The fraction of sp³-hybridized carbons (Fsp3) is 0.111. The molecule has 134 valence electrons. The molecule has 3 aromatic rings. The van der Waals surface area contributed by atoms with E-state index in [-0.39, 0.29) is 13.0 Å². The van der Waals surface area contributed by atoms with Gasteiger partial charge in [-0.15, -0.1) is 0 Å². The summed E-state index contributed by atoms with van der Waals surface area (Å²) in [6.07, 6.45) is 0.102. The maximum Gasteiger partial charge on any atom is 0.411 e. The quantitative estimate of drug-likeness (QED) is 0.599. The third kappa shape index (κ3) is 3.89. The molecule has 0 aliphatic rings. The van der Waals surface area contributed by atoms with Crippen LogP contribution in [-0.4, -0.2) is 27.5 Å². The van der Waals surface area contributed by atoms with Crippen LogP contribution < -0.4 is 4.90 Å². The minimum absolute atomic E-state index is 0.0399. The van der Waals surface area contributed by atoms with Crippen LogP contribution in [-0.2, 0) is 6.42 Å². The van der Waals surface area contributed by atoms with Crippen molar-refractivity contribution in [3.8, 4) is 5.69 Å². The van der Waals surface area contributed by atoms with Crippen molar-refractivity contribution in [1.29, 1.82) is 0 Å². The molecule has 0 radical (unpaired) electrons. The third-order valence-corrected chi connectivity index (χ3v) is 4.68. The van der Waals surface area contributed by atoms with Crippen molar-refractivity contribution in [2.75, 3.05) is 11.4 Å². The normalized spacial score (nSPS) is 10.7. The zero-order chi connectivity index (χ0) is 18.7. The van der Waals surface area contributed by atoms with Crippen LogP contribution in [0.25, 0.3) is 5.69 Å². The Labute approximate surface area is 162 Å². The summed E-state index contributed by atoms with van der Waals surface area (Å²) in [6, 6.07) is 13.9. The van der Waals surface area contributed by atoms with Crippen molar-refractivity contribution in [3.05, 3.63) is 75.7 Å². The number of carboxylic acid groups (broad SMARTS) is 1. The van der Waals surface area contributed by atoms with Gasteiger partial charge in [0.2, 0.25) is 0 Å². The van der Waals surface area contributed by atoms with Gasteiger partial charge in [0.05, 0.1) is 28.3 Å². The first-order valence-electron chi connectivity index (χ1n) is 7.70. The van der Waals surface area contributed by atoms with Gasteiger partial charge in [-0.3, -0.25) is 4.90 Å². The van der Waals surface area contributed by atoms with Crippen LogP contribution in [0.5, 0.6) is 0 Å². The van der Waals surface area contributed by atoms with E-state index in [9.17, 15) is 14.3 Å². The molecule has 2 aromatic carbocycles. The highest BCUT2D eigenvalue weighted by atomic mass is 79.9. The number of amides is 1. The minimum atomic E-state index is -1.16. The predicted octanol–water partition coefficient (Wildman–Crippen LogP) is 5.15. The monoisotopic (exact) mass is 437 g/mol. The van der Waals surface area contributed by atoms with Gasteiger partial charge in [-0.25, -0.2) is 13.9 Å². The lowest BCUT2D eigenvalue weighted by molar-refractivity contribution is 0.202. The average Bonchev–Trinajstić information content (AvgIpc) is 2.98. The smallest absolute Gasteiger partial charge is 0.411 e. The Morgan fingerprint density at radius 3 is 2.58 bits per heavy atom. The number of hydrogen-bond donors (Lipinski definition) is 1. The minimum Gasteiger partial charge on any atom is -0.465 e. The summed E-state index contributed by atoms with van der Waals surface area (Å²) in [5, 5.41) is 13.9. The molecule has 0 saturated heterocycles. The maximum atomic E-state index is 14.2. The largest absolute Gasteiger partial charge is 0.465 e. The number of benzene rings is 2. The molecule has 26 heavy (non-hydrogen) atoms. The van der Waals surface area contributed by atoms with Gasteiger partial charge in [-0.05, 0) is 36.4 Å². The highest BCUT2D eigenvalue weighted by Gasteiger charge is 2.20. The van der Waals surface area contributed by atoms with Crippen molar-refractivity contribution in [3.63, 3.8) is 0 Å². The molecule has 0 saturated carbocycles.